The van der Waals surface area contributed by atoms with Crippen LogP contribution in [0.3, 0.4) is 0 Å². The Balaban J connectivity index is 0. The molecule has 7 heavy (non-hydrogen) atoms. The second-order valence-corrected chi connectivity index (χ2v) is 0. The summed E-state index contributed by atoms with van der Waals surface area (Å²) in [6.07, 6.45) is 0. The first-order valence-electron chi connectivity index (χ1n) is 0. The fourth-order valence-corrected chi connectivity index (χ4v) is 0. The Hall–Kier alpha value is 6.45. The van der Waals surface area contributed by atoms with Gasteiger partial charge < -0.3 is 4.28 Å². The van der Waals surface area contributed by atoms with Gasteiger partial charge in [0.15, 0.2) is 17.4 Å². The van der Waals surface area contributed by atoms with Gasteiger partial charge in [0.2, 0.25) is 0 Å². The van der Waals surface area contributed by atoms with E-state index in [1.807, 2.05) is 0 Å². The van der Waals surface area contributed by atoms with E-state index < -0.39 is 0 Å². The Labute approximate surface area is 192 Å². The molecular formula is H10AgAlCaLaNaPbSn. The molecule has 0 aromatic rings. The quantitative estimate of drug-likeness (QED) is 0.225. The molecule has 38 valence electrons. The molecule has 0 aromatic carbocycles. The van der Waals surface area contributed by atoms with Crippen molar-refractivity contribution in [2.24, 2.45) is 0 Å². The van der Waals surface area contributed by atoms with Crippen LogP contribution in [-0.4, -0.2) is 106 Å². The number of rotatable bonds is 0. The molecule has 0 atom stereocenters. The molecule has 0 aromatic heterocycles. The Bertz CT molecular complexity index is 28.5. The predicted molar refractivity (Wildman–Crippen MR) is 36.1 cm³/mol. The molecule has 6 radical (unpaired) electrons. The molecule has 0 saturated carbocycles. The minimum absolute atomic E-state index is 0. The molecule has 0 aliphatic carbocycles. The Kier molecular flexibility index (Phi) is 281. The van der Waals surface area contributed by atoms with Gasteiger partial charge in [0.05, 0.1) is 0 Å². The minimum atomic E-state index is 0. The summed E-state index contributed by atoms with van der Waals surface area (Å²) in [6, 6.07) is 0. The molecule has 0 rings (SSSR count). The van der Waals surface area contributed by atoms with Crippen molar-refractivity contribution >= 4 is 106 Å². The van der Waals surface area contributed by atoms with Crippen molar-refractivity contribution in [3.8, 4) is 0 Å². The van der Waals surface area contributed by atoms with Crippen LogP contribution in [0.1, 0.15) is 4.28 Å². The third kappa shape index (κ3) is 32.7. The summed E-state index contributed by atoms with van der Waals surface area (Å²) in [5.74, 6) is 0. The van der Waals surface area contributed by atoms with E-state index in [2.05, 4.69) is 0 Å². The Morgan fingerprint density at radius 3 is 1.14 bits per heavy atom. The number of hydrogen-bond acceptors (Lipinski definition) is 0. The SMILES string of the molecule is [Ag].[AlH3].[Ca+2].[H-].[H-].[H-].[La].[Na+].[PbH2].[SnH2]. The zero-order valence-electron chi connectivity index (χ0n) is 7.00. The van der Waals surface area contributed by atoms with Crippen LogP contribution in [0.2, 0.25) is 0 Å². The Morgan fingerprint density at radius 2 is 1.14 bits per heavy atom. The van der Waals surface area contributed by atoms with Crippen molar-refractivity contribution in [3.05, 3.63) is 0 Å². The monoisotopic (exact) mass is 674 g/mol. The summed E-state index contributed by atoms with van der Waals surface area (Å²) in [5.41, 5.74) is 0. The van der Waals surface area contributed by atoms with Gasteiger partial charge in [-0.05, 0) is 0 Å². The molecule has 0 amide bonds. The molecule has 0 N–H and O–H groups in total. The van der Waals surface area contributed by atoms with Crippen LogP contribution in [0.15, 0.2) is 0 Å². The van der Waals surface area contributed by atoms with Gasteiger partial charge in [0.25, 0.3) is 0 Å². The van der Waals surface area contributed by atoms with Crippen molar-refractivity contribution in [1.29, 1.82) is 0 Å². The fraction of sp³-hybridized carbons (Fsp3) is 0. The third-order valence-corrected chi connectivity index (χ3v) is 0. The third-order valence-electron chi connectivity index (χ3n) is 0. The van der Waals surface area contributed by atoms with Gasteiger partial charge in [0, 0.05) is 58.0 Å². The molecule has 0 nitrogen and oxygen atoms in total. The van der Waals surface area contributed by atoms with E-state index in [-0.39, 0.29) is 198 Å². The van der Waals surface area contributed by atoms with E-state index in [0.717, 1.165) is 0 Å². The Morgan fingerprint density at radius 1 is 1.14 bits per heavy atom. The fourth-order valence-electron chi connectivity index (χ4n) is 0. The van der Waals surface area contributed by atoms with Gasteiger partial charge in [-0.1, -0.05) is 0 Å². The van der Waals surface area contributed by atoms with Crippen LogP contribution >= 0.6 is 0 Å². The van der Waals surface area contributed by atoms with Crippen molar-refractivity contribution < 1.29 is 91.8 Å². The van der Waals surface area contributed by atoms with Gasteiger partial charge in [-0.15, -0.1) is 0 Å². The summed E-state index contributed by atoms with van der Waals surface area (Å²) >= 11 is 0. The van der Waals surface area contributed by atoms with E-state index >= 15 is 0 Å². The van der Waals surface area contributed by atoms with Crippen molar-refractivity contribution in [2.75, 3.05) is 0 Å². The van der Waals surface area contributed by atoms with E-state index in [9.17, 15) is 0 Å². The van der Waals surface area contributed by atoms with E-state index in [4.69, 9.17) is 0 Å². The molecule has 0 heterocycles. The predicted octanol–water partition coefficient (Wildman–Crippen LogP) is -6.06. The molecule has 0 aliphatic heterocycles. The first-order chi connectivity index (χ1) is 0. The van der Waals surface area contributed by atoms with Gasteiger partial charge >= 0.3 is 119 Å². The summed E-state index contributed by atoms with van der Waals surface area (Å²) in [4.78, 5) is 0. The van der Waals surface area contributed by atoms with Gasteiger partial charge in [0.1, 0.15) is 0 Å². The van der Waals surface area contributed by atoms with E-state index in [0.29, 0.717) is 0 Å². The standard InChI is InChI=1S/Ag.Al.Ca.La.Na.Pb.Sn.10H/q;;+2;;+1;;;;;;;;;;3*-1. The maximum atomic E-state index is 0. The summed E-state index contributed by atoms with van der Waals surface area (Å²) in [7, 11) is 0. The zero-order valence-corrected chi connectivity index (χ0v) is 22.9. The van der Waals surface area contributed by atoms with Gasteiger partial charge in [-0.2, -0.15) is 0 Å². The zero-order chi connectivity index (χ0) is 0. The first-order valence-corrected chi connectivity index (χ1v) is 0. The second-order valence-electron chi connectivity index (χ2n) is 0. The average molecular weight is 673 g/mol. The molecule has 0 saturated heterocycles. The molecular weight excluding hydrogens is 663 g/mol. The van der Waals surface area contributed by atoms with Crippen LogP contribution in [0.4, 0.5) is 0 Å². The maximum absolute atomic E-state index is 0. The molecule has 0 spiro atoms. The average Bonchev–Trinajstić information content (AvgIpc) is 0. The number of hydrogen-bond donors (Lipinski definition) is 0. The van der Waals surface area contributed by atoms with Crippen LogP contribution in [-0.2, 0) is 22.4 Å². The van der Waals surface area contributed by atoms with Crippen LogP contribution in [0.5, 0.6) is 0 Å². The molecule has 0 unspecified atom stereocenters. The van der Waals surface area contributed by atoms with Crippen LogP contribution < -0.4 is 29.6 Å². The van der Waals surface area contributed by atoms with Crippen LogP contribution in [0, 0.1) is 35.6 Å². The molecule has 7 heteroatoms. The van der Waals surface area contributed by atoms with Crippen molar-refractivity contribution in [3.63, 3.8) is 0 Å². The van der Waals surface area contributed by atoms with Crippen molar-refractivity contribution in [1.82, 2.24) is 0 Å². The molecule has 0 aliphatic rings. The summed E-state index contributed by atoms with van der Waals surface area (Å²) in [6.45, 7) is 0. The normalized spacial score (nSPS) is 0. The van der Waals surface area contributed by atoms with Gasteiger partial charge in [-0.3, -0.25) is 0 Å². The first kappa shape index (κ1) is 50.1. The molecule has 0 fully saturated rings. The van der Waals surface area contributed by atoms with Crippen LogP contribution in [0.25, 0.3) is 0 Å². The van der Waals surface area contributed by atoms with Crippen molar-refractivity contribution in [2.45, 2.75) is 0 Å². The topological polar surface area (TPSA) is 0 Å². The van der Waals surface area contributed by atoms with E-state index in [1.165, 1.54) is 0 Å². The van der Waals surface area contributed by atoms with E-state index in [1.54, 1.807) is 0 Å². The van der Waals surface area contributed by atoms with Gasteiger partial charge in [-0.25, -0.2) is 0 Å². The second kappa shape index (κ2) is 39.2. The molecule has 0 bridgehead atoms. The summed E-state index contributed by atoms with van der Waals surface area (Å²) in [5, 5.41) is 0. The summed E-state index contributed by atoms with van der Waals surface area (Å²) < 4.78 is 0.